The third-order valence-corrected chi connectivity index (χ3v) is 2.82. The van der Waals surface area contributed by atoms with Gasteiger partial charge in [-0.15, -0.1) is 0 Å². The minimum Gasteiger partial charge on any atom is -0.508 e. The molecule has 4 heteroatoms. The normalized spacial score (nSPS) is 11.3. The van der Waals surface area contributed by atoms with Crippen LogP contribution in [0.5, 0.6) is 5.75 Å². The highest BCUT2D eigenvalue weighted by molar-refractivity contribution is 5.50. The van der Waals surface area contributed by atoms with Crippen LogP contribution in [0.2, 0.25) is 0 Å². The van der Waals surface area contributed by atoms with Crippen LogP contribution in [-0.2, 0) is 0 Å². The summed E-state index contributed by atoms with van der Waals surface area (Å²) in [6.45, 7) is -0.585. The summed E-state index contributed by atoms with van der Waals surface area (Å²) < 4.78 is 12.1. The second kappa shape index (κ2) is 7.32. The van der Waals surface area contributed by atoms with Crippen molar-refractivity contribution in [2.24, 2.45) is 0 Å². The highest BCUT2D eigenvalue weighted by atomic mass is 19.1. The highest BCUT2D eigenvalue weighted by Crippen LogP contribution is 2.10. The molecule has 3 nitrogen and oxygen atoms in total. The minimum absolute atomic E-state index is 0.176. The molecule has 1 atom stereocenters. The van der Waals surface area contributed by atoms with Crippen LogP contribution in [0, 0.1) is 11.8 Å². The van der Waals surface area contributed by atoms with Crippen molar-refractivity contribution in [1.82, 2.24) is 0 Å². The van der Waals surface area contributed by atoms with Gasteiger partial charge in [-0.3, -0.25) is 0 Å². The summed E-state index contributed by atoms with van der Waals surface area (Å²) in [4.78, 5) is 0. The van der Waals surface area contributed by atoms with Crippen molar-refractivity contribution >= 4 is 5.69 Å². The molecule has 0 heterocycles. The molecule has 2 aromatic rings. The number of phenols is 1. The van der Waals surface area contributed by atoms with E-state index < -0.39 is 12.8 Å². The van der Waals surface area contributed by atoms with Gasteiger partial charge < -0.3 is 15.5 Å². The molecule has 108 valence electrons. The molecule has 0 aliphatic carbocycles. The van der Waals surface area contributed by atoms with Gasteiger partial charge in [-0.2, -0.15) is 0 Å². The van der Waals surface area contributed by atoms with E-state index in [1.54, 1.807) is 24.3 Å². The molecule has 0 aromatic heterocycles. The molecule has 0 aliphatic heterocycles. The molecule has 0 saturated carbocycles. The third kappa shape index (κ3) is 4.83. The van der Waals surface area contributed by atoms with E-state index >= 15 is 0 Å². The Morgan fingerprint density at radius 3 is 2.00 bits per heavy atom. The van der Waals surface area contributed by atoms with Crippen molar-refractivity contribution in [3.8, 4) is 17.6 Å². The van der Waals surface area contributed by atoms with E-state index in [1.807, 2.05) is 24.3 Å². The first-order valence-electron chi connectivity index (χ1n) is 6.56. The molecule has 0 bridgehead atoms. The lowest BCUT2D eigenvalue weighted by Gasteiger charge is -2.09. The van der Waals surface area contributed by atoms with Crippen molar-refractivity contribution in [1.29, 1.82) is 0 Å². The average molecular weight is 285 g/mol. The number of aromatic hydroxyl groups is 1. The summed E-state index contributed by atoms with van der Waals surface area (Å²) in [7, 11) is 0. The zero-order valence-corrected chi connectivity index (χ0v) is 11.4. The van der Waals surface area contributed by atoms with Gasteiger partial charge in [0.25, 0.3) is 0 Å². The van der Waals surface area contributed by atoms with Crippen molar-refractivity contribution in [2.75, 3.05) is 18.5 Å². The predicted molar refractivity (Wildman–Crippen MR) is 81.0 cm³/mol. The van der Waals surface area contributed by atoms with E-state index in [2.05, 4.69) is 17.2 Å². The quantitative estimate of drug-likeness (QED) is 0.757. The molecule has 2 rings (SSSR count). The molecule has 21 heavy (non-hydrogen) atoms. The number of aliphatic hydroxyl groups is 1. The first kappa shape index (κ1) is 14.9. The molecule has 1 unspecified atom stereocenters. The van der Waals surface area contributed by atoms with Crippen LogP contribution >= 0.6 is 0 Å². The van der Waals surface area contributed by atoms with Crippen molar-refractivity contribution in [3.63, 3.8) is 0 Å². The van der Waals surface area contributed by atoms with Gasteiger partial charge in [-0.1, -0.05) is 11.8 Å². The number of rotatable bonds is 4. The Balaban J connectivity index is 1.98. The second-order valence-corrected chi connectivity index (χ2v) is 4.56. The molecular formula is C17H16FNO2. The van der Waals surface area contributed by atoms with Crippen LogP contribution in [0.15, 0.2) is 48.5 Å². The maximum atomic E-state index is 12.1. The van der Waals surface area contributed by atoms with Crippen LogP contribution < -0.4 is 5.32 Å². The summed E-state index contributed by atoms with van der Waals surface area (Å²) in [6, 6.07) is 14.0. The fourth-order valence-corrected chi connectivity index (χ4v) is 1.65. The summed E-state index contributed by atoms with van der Waals surface area (Å²) in [5, 5.41) is 21.2. The first-order valence-corrected chi connectivity index (χ1v) is 6.56. The molecular weight excluding hydrogens is 269 g/mol. The summed E-state index contributed by atoms with van der Waals surface area (Å²) >= 11 is 0. The number of nitrogens with one attached hydrogen (secondary N) is 1. The molecule has 0 spiro atoms. The Bertz CT molecular complexity index is 627. The Labute approximate surface area is 123 Å². The van der Waals surface area contributed by atoms with E-state index in [0.29, 0.717) is 0 Å². The molecule has 0 radical (unpaired) electrons. The van der Waals surface area contributed by atoms with E-state index in [0.717, 1.165) is 16.8 Å². The monoisotopic (exact) mass is 285 g/mol. The number of halogens is 1. The SMILES string of the molecule is Oc1ccc(C#Cc2ccc(NCC(O)CF)cc2)cc1. The highest BCUT2D eigenvalue weighted by Gasteiger charge is 2.01. The van der Waals surface area contributed by atoms with E-state index in [-0.39, 0.29) is 12.3 Å². The lowest BCUT2D eigenvalue weighted by Crippen LogP contribution is -2.21. The Hall–Kier alpha value is -2.51. The molecule has 0 amide bonds. The number of phenolic OH excluding ortho intramolecular Hbond substituents is 1. The number of hydrogen-bond donors (Lipinski definition) is 3. The van der Waals surface area contributed by atoms with Gasteiger partial charge >= 0.3 is 0 Å². The lowest BCUT2D eigenvalue weighted by atomic mass is 10.1. The van der Waals surface area contributed by atoms with Gasteiger partial charge in [-0.05, 0) is 48.5 Å². The van der Waals surface area contributed by atoms with Crippen molar-refractivity contribution < 1.29 is 14.6 Å². The smallest absolute Gasteiger partial charge is 0.117 e. The number of benzene rings is 2. The molecule has 3 N–H and O–H groups in total. The average Bonchev–Trinajstić information content (AvgIpc) is 2.53. The zero-order valence-electron chi connectivity index (χ0n) is 11.4. The molecule has 0 saturated heterocycles. The van der Waals surface area contributed by atoms with Gasteiger partial charge in [0.15, 0.2) is 0 Å². The Kier molecular flexibility index (Phi) is 5.19. The number of alkyl halides is 1. The topological polar surface area (TPSA) is 52.5 Å². The van der Waals surface area contributed by atoms with Crippen molar-refractivity contribution in [2.45, 2.75) is 6.10 Å². The van der Waals surface area contributed by atoms with Crippen LogP contribution in [-0.4, -0.2) is 29.5 Å². The van der Waals surface area contributed by atoms with Crippen molar-refractivity contribution in [3.05, 3.63) is 59.7 Å². The van der Waals surface area contributed by atoms with E-state index in [4.69, 9.17) is 5.11 Å². The molecule has 0 fully saturated rings. The number of anilines is 1. The summed E-state index contributed by atoms with van der Waals surface area (Å²) in [6.07, 6.45) is -0.987. The summed E-state index contributed by atoms with van der Waals surface area (Å²) in [5.41, 5.74) is 2.47. The Morgan fingerprint density at radius 2 is 1.48 bits per heavy atom. The predicted octanol–water partition coefficient (Wildman–Crippen LogP) is 2.53. The lowest BCUT2D eigenvalue weighted by molar-refractivity contribution is 0.151. The van der Waals surface area contributed by atoms with Crippen LogP contribution in [0.4, 0.5) is 10.1 Å². The largest absolute Gasteiger partial charge is 0.508 e. The first-order chi connectivity index (χ1) is 10.2. The number of hydrogen-bond acceptors (Lipinski definition) is 3. The summed E-state index contributed by atoms with van der Waals surface area (Å²) in [5.74, 6) is 6.23. The van der Waals surface area contributed by atoms with Gasteiger partial charge in [0.1, 0.15) is 12.4 Å². The standard InChI is InChI=1S/C17H16FNO2/c18-11-17(21)12-19-15-7-3-13(4-8-15)1-2-14-5-9-16(20)10-6-14/h3-10,17,19-21H,11-12H2. The fourth-order valence-electron chi connectivity index (χ4n) is 1.65. The van der Waals surface area contributed by atoms with Crippen LogP contribution in [0.25, 0.3) is 0 Å². The Morgan fingerprint density at radius 1 is 0.952 bits per heavy atom. The number of aliphatic hydroxyl groups excluding tert-OH is 1. The van der Waals surface area contributed by atoms with Gasteiger partial charge in [0.2, 0.25) is 0 Å². The van der Waals surface area contributed by atoms with Gasteiger partial charge in [0.05, 0.1) is 6.10 Å². The van der Waals surface area contributed by atoms with Crippen LogP contribution in [0.1, 0.15) is 11.1 Å². The van der Waals surface area contributed by atoms with Gasteiger partial charge in [-0.25, -0.2) is 4.39 Å². The van der Waals surface area contributed by atoms with E-state index in [9.17, 15) is 9.50 Å². The van der Waals surface area contributed by atoms with Gasteiger partial charge in [0, 0.05) is 23.4 Å². The second-order valence-electron chi connectivity index (χ2n) is 4.56. The minimum atomic E-state index is -0.987. The maximum absolute atomic E-state index is 12.1. The third-order valence-electron chi connectivity index (χ3n) is 2.82. The zero-order chi connectivity index (χ0) is 15.1. The molecule has 2 aromatic carbocycles. The fraction of sp³-hybridized carbons (Fsp3) is 0.176. The van der Waals surface area contributed by atoms with Crippen LogP contribution in [0.3, 0.4) is 0 Å². The maximum Gasteiger partial charge on any atom is 0.117 e. The molecule has 0 aliphatic rings. The van der Waals surface area contributed by atoms with E-state index in [1.165, 1.54) is 0 Å².